The monoisotopic (exact) mass is 744 g/mol. The molecule has 1 aliphatic rings. The lowest BCUT2D eigenvalue weighted by atomic mass is 9.92. The van der Waals surface area contributed by atoms with E-state index in [2.05, 4.69) is 15.0 Å². The molecule has 1 aromatic heterocycles. The predicted molar refractivity (Wildman–Crippen MR) is 184 cm³/mol. The van der Waals surface area contributed by atoms with E-state index in [9.17, 15) is 36.3 Å². The van der Waals surface area contributed by atoms with E-state index in [1.165, 1.54) is 5.38 Å². The van der Waals surface area contributed by atoms with Gasteiger partial charge in [-0.3, -0.25) is 14.5 Å². The highest BCUT2D eigenvalue weighted by Crippen LogP contribution is 2.33. The molecule has 1 aromatic carbocycles. The second-order valence-corrected chi connectivity index (χ2v) is 14.0. The van der Waals surface area contributed by atoms with E-state index in [4.69, 9.17) is 4.74 Å². The van der Waals surface area contributed by atoms with Crippen molar-refractivity contribution in [1.82, 2.24) is 20.1 Å². The summed E-state index contributed by atoms with van der Waals surface area (Å²) < 4.78 is 79.9. The van der Waals surface area contributed by atoms with Gasteiger partial charge in [-0.2, -0.15) is 8.78 Å². The van der Waals surface area contributed by atoms with E-state index in [1.54, 1.807) is 11.8 Å². The number of allylic oxidation sites excluding steroid dienone is 1. The van der Waals surface area contributed by atoms with E-state index in [-0.39, 0.29) is 54.3 Å². The van der Waals surface area contributed by atoms with Crippen LogP contribution in [0.2, 0.25) is 0 Å². The number of thiazole rings is 1. The number of likely N-dealkylation sites (tertiary alicyclic amines) is 1. The van der Waals surface area contributed by atoms with Crippen molar-refractivity contribution in [3.05, 3.63) is 57.3 Å². The van der Waals surface area contributed by atoms with Crippen molar-refractivity contribution in [3.8, 4) is 5.75 Å². The van der Waals surface area contributed by atoms with E-state index in [1.807, 2.05) is 58.7 Å². The normalized spacial score (nSPS) is 17.7. The summed E-state index contributed by atoms with van der Waals surface area (Å²) in [5, 5.41) is 4.59. The van der Waals surface area contributed by atoms with Crippen LogP contribution in [0.1, 0.15) is 102 Å². The summed E-state index contributed by atoms with van der Waals surface area (Å²) in [5.74, 6) is -15.3. The fourth-order valence-electron chi connectivity index (χ4n) is 6.03. The van der Waals surface area contributed by atoms with Crippen LogP contribution >= 0.6 is 11.3 Å². The minimum atomic E-state index is -2.38. The van der Waals surface area contributed by atoms with Crippen LogP contribution in [0, 0.1) is 40.9 Å². The molecule has 0 unspecified atom stereocenters. The van der Waals surface area contributed by atoms with Crippen LogP contribution < -0.4 is 10.1 Å². The highest BCUT2D eigenvalue weighted by molar-refractivity contribution is 7.09. The van der Waals surface area contributed by atoms with Crippen LogP contribution in [0.3, 0.4) is 0 Å². The van der Waals surface area contributed by atoms with Gasteiger partial charge in [0, 0.05) is 31.0 Å². The molecule has 1 N–H and O–H groups in total. The molecule has 0 bridgehead atoms. The summed E-state index contributed by atoms with van der Waals surface area (Å²) in [5.41, 5.74) is -0.434. The molecule has 1 aliphatic heterocycles. The number of piperidine rings is 1. The van der Waals surface area contributed by atoms with Crippen molar-refractivity contribution in [2.45, 2.75) is 104 Å². The third-order valence-corrected chi connectivity index (χ3v) is 10.1. The van der Waals surface area contributed by atoms with E-state index < -0.39 is 64.7 Å². The van der Waals surface area contributed by atoms with Gasteiger partial charge in [0.25, 0.3) is 0 Å². The average Bonchev–Trinajstić information content (AvgIpc) is 3.61. The molecule has 9 nitrogen and oxygen atoms in total. The number of carbonyl (C=O) groups is 3. The molecule has 1 fully saturated rings. The molecule has 284 valence electrons. The zero-order chi connectivity index (χ0) is 38.0. The third-order valence-electron chi connectivity index (χ3n) is 9.20. The Bertz CT molecular complexity index is 1510. The maximum absolute atomic E-state index is 14.6. The first-order valence-electron chi connectivity index (χ1n) is 17.4. The smallest absolute Gasteiger partial charge is 0.363 e. The first kappa shape index (κ1) is 42.0. The fraction of sp³-hybridized carbons (Fsp3) is 0.611. The number of hydrogen-bond donors (Lipinski definition) is 1. The van der Waals surface area contributed by atoms with Gasteiger partial charge in [-0.1, -0.05) is 59.6 Å². The minimum absolute atomic E-state index is 0.108. The van der Waals surface area contributed by atoms with E-state index in [0.717, 1.165) is 37.1 Å². The zero-order valence-electron chi connectivity index (χ0n) is 30.2. The number of amides is 2. The molecule has 2 heterocycles. The maximum Gasteiger partial charge on any atom is 0.363 e. The molecule has 5 atom stereocenters. The van der Waals surface area contributed by atoms with Gasteiger partial charge >= 0.3 is 5.97 Å². The molecule has 3 rings (SSSR count). The van der Waals surface area contributed by atoms with Crippen molar-refractivity contribution in [1.29, 1.82) is 0 Å². The number of ether oxygens (including phenoxy) is 2. The van der Waals surface area contributed by atoms with Crippen LogP contribution in [0.15, 0.2) is 17.5 Å². The highest BCUT2D eigenvalue weighted by atomic mass is 32.1. The van der Waals surface area contributed by atoms with Crippen molar-refractivity contribution in [2.75, 3.05) is 26.7 Å². The molecule has 0 radical (unpaired) electrons. The second kappa shape index (κ2) is 19.4. The summed E-state index contributed by atoms with van der Waals surface area (Å²) in [6.45, 7) is 12.8. The van der Waals surface area contributed by atoms with Crippen LogP contribution in [0.4, 0.5) is 22.0 Å². The summed E-state index contributed by atoms with van der Waals surface area (Å²) in [6.07, 6.45) is 7.37. The van der Waals surface area contributed by atoms with Gasteiger partial charge in [0.15, 0.2) is 5.69 Å². The molecule has 51 heavy (non-hydrogen) atoms. The molecule has 0 saturated carbocycles. The number of rotatable bonds is 17. The number of carbonyl (C=O) groups excluding carboxylic acids is 3. The Morgan fingerprint density at radius 2 is 1.67 bits per heavy atom. The van der Waals surface area contributed by atoms with Gasteiger partial charge in [-0.05, 0) is 51.6 Å². The first-order valence-corrected chi connectivity index (χ1v) is 18.3. The molecule has 15 heteroatoms. The number of halogens is 5. The molecule has 2 aromatic rings. The zero-order valence-corrected chi connectivity index (χ0v) is 31.1. The molecular formula is C36H49F5N4O5S. The summed E-state index contributed by atoms with van der Waals surface area (Å²) in [6, 6.07) is -1.55. The number of hydrogen-bond acceptors (Lipinski definition) is 8. The van der Waals surface area contributed by atoms with Gasteiger partial charge < -0.3 is 19.7 Å². The predicted octanol–water partition coefficient (Wildman–Crippen LogP) is 7.36. The fourth-order valence-corrected chi connectivity index (χ4v) is 6.88. The molecule has 0 aliphatic carbocycles. The number of nitrogens with zero attached hydrogens (tertiary/aromatic N) is 3. The second-order valence-electron chi connectivity index (χ2n) is 13.1. The summed E-state index contributed by atoms with van der Waals surface area (Å²) in [4.78, 5) is 48.9. The average molecular weight is 745 g/mol. The van der Waals surface area contributed by atoms with Crippen LogP contribution in [-0.2, 0) is 14.3 Å². The Morgan fingerprint density at radius 3 is 2.24 bits per heavy atom. The van der Waals surface area contributed by atoms with Gasteiger partial charge in [-0.15, -0.1) is 11.3 Å². The number of aromatic nitrogens is 1. The Labute approximate surface area is 300 Å². The van der Waals surface area contributed by atoms with Crippen molar-refractivity contribution in [2.24, 2.45) is 11.8 Å². The Hall–Kier alpha value is -3.43. The SMILES string of the molecule is CC/C=C/CN(C(=O)[C@@H](NC(=O)[C@H]1CCCCN1C)[C@@H](C)CC)[C@H](C[C@@H](OCC)c1nc(C(=O)Oc2c(F)c(F)c(F)c(F)c2F)cs1)C(C)C. The van der Waals surface area contributed by atoms with Crippen molar-refractivity contribution >= 4 is 29.1 Å². The lowest BCUT2D eigenvalue weighted by Gasteiger charge is -2.40. The quantitative estimate of drug-likeness (QED) is 0.0451. The number of nitrogens with one attached hydrogen (secondary N) is 1. The maximum atomic E-state index is 14.6. The number of esters is 1. The largest absolute Gasteiger partial charge is 0.415 e. The van der Waals surface area contributed by atoms with Crippen LogP contribution in [-0.4, -0.2) is 77.4 Å². The number of benzene rings is 1. The van der Waals surface area contributed by atoms with Crippen LogP contribution in [0.25, 0.3) is 0 Å². The summed E-state index contributed by atoms with van der Waals surface area (Å²) >= 11 is 0.976. The molecule has 2 amide bonds. The van der Waals surface area contributed by atoms with Gasteiger partial charge in [0.2, 0.25) is 46.6 Å². The molecule has 1 saturated heterocycles. The van der Waals surface area contributed by atoms with Gasteiger partial charge in [-0.25, -0.2) is 22.9 Å². The first-order chi connectivity index (χ1) is 24.2. The lowest BCUT2D eigenvalue weighted by molar-refractivity contribution is -0.142. The molecular weight excluding hydrogens is 695 g/mol. The Morgan fingerprint density at radius 1 is 1.02 bits per heavy atom. The minimum Gasteiger partial charge on any atom is -0.415 e. The standard InChI is InChI=1S/C36H49F5N4O5S/c1-8-11-13-17-45(35(47)31(21(6)9-2)43-33(46)23-15-12-14-16-44(23)7)24(20(4)5)18-25(49-10-3)34-42-22(19-51-34)36(48)50-32-29(40)27(38)26(37)28(39)30(32)41/h11,13,19-21,23-25,31H,8-10,12,14-18H2,1-7H3,(H,43,46)/b13-11+/t21-,23+,24+,25+,31-/m0/s1. The Kier molecular flexibility index (Phi) is 16.0. The highest BCUT2D eigenvalue weighted by Gasteiger charge is 2.38. The van der Waals surface area contributed by atoms with Crippen molar-refractivity contribution in [3.63, 3.8) is 0 Å². The van der Waals surface area contributed by atoms with Gasteiger partial charge in [0.05, 0.1) is 6.04 Å². The summed E-state index contributed by atoms with van der Waals surface area (Å²) in [7, 11) is 1.91. The van der Waals surface area contributed by atoms with Crippen molar-refractivity contribution < 1.29 is 45.8 Å². The number of likely N-dealkylation sites (N-methyl/N-ethyl adjacent to an activating group) is 1. The third kappa shape index (κ3) is 10.3. The van der Waals surface area contributed by atoms with Crippen LogP contribution in [0.5, 0.6) is 5.75 Å². The lowest BCUT2D eigenvalue weighted by Crippen LogP contribution is -2.58. The Balaban J connectivity index is 1.93. The van der Waals surface area contributed by atoms with E-state index >= 15 is 0 Å². The topological polar surface area (TPSA) is 101 Å². The van der Waals surface area contributed by atoms with Gasteiger partial charge in [0.1, 0.15) is 17.2 Å². The molecule has 0 spiro atoms. The van der Waals surface area contributed by atoms with E-state index in [0.29, 0.717) is 12.8 Å².